The number of nitrogens with one attached hydrogen (secondary N) is 2. The van der Waals surface area contributed by atoms with Crippen molar-refractivity contribution < 1.29 is 9.72 Å². The van der Waals surface area contributed by atoms with Gasteiger partial charge in [0, 0.05) is 18.1 Å². The highest BCUT2D eigenvalue weighted by molar-refractivity contribution is 5.84. The molecule has 22 heavy (non-hydrogen) atoms. The first-order valence-electron chi connectivity index (χ1n) is 7.00. The Balaban J connectivity index is 1.52. The Bertz CT molecular complexity index is 686. The Labute approximate surface area is 127 Å². The summed E-state index contributed by atoms with van der Waals surface area (Å²) < 4.78 is 0. The van der Waals surface area contributed by atoms with Crippen molar-refractivity contribution in [2.24, 2.45) is 5.92 Å². The third kappa shape index (κ3) is 3.06. The molecule has 0 unspecified atom stereocenters. The Morgan fingerprint density at radius 1 is 1.09 bits per heavy atom. The molecule has 1 amide bonds. The molecule has 2 aromatic carbocycles. The summed E-state index contributed by atoms with van der Waals surface area (Å²) in [6.07, 6.45) is 0.845. The number of benzene rings is 2. The van der Waals surface area contributed by atoms with E-state index in [0.29, 0.717) is 5.69 Å². The molecular weight excluding hydrogens is 282 g/mol. The number of anilines is 1. The SMILES string of the molecule is O=C(NNc1ccc([N+](=O)[O-])cc1)[C@@H]1C[C@H]1c1ccccc1. The van der Waals surface area contributed by atoms with Crippen molar-refractivity contribution >= 4 is 17.3 Å². The molecule has 112 valence electrons. The first kappa shape index (κ1) is 14.1. The maximum atomic E-state index is 12.1. The van der Waals surface area contributed by atoms with Gasteiger partial charge in [-0.25, -0.2) is 0 Å². The maximum absolute atomic E-state index is 12.1. The highest BCUT2D eigenvalue weighted by Crippen LogP contribution is 2.47. The van der Waals surface area contributed by atoms with E-state index < -0.39 is 4.92 Å². The largest absolute Gasteiger partial charge is 0.299 e. The Morgan fingerprint density at radius 3 is 2.41 bits per heavy atom. The molecule has 0 spiro atoms. The lowest BCUT2D eigenvalue weighted by molar-refractivity contribution is -0.384. The lowest BCUT2D eigenvalue weighted by atomic mass is 10.1. The van der Waals surface area contributed by atoms with Crippen molar-refractivity contribution in [2.75, 3.05) is 5.43 Å². The maximum Gasteiger partial charge on any atom is 0.269 e. The van der Waals surface area contributed by atoms with Gasteiger partial charge in [-0.05, 0) is 30.0 Å². The third-order valence-corrected chi connectivity index (χ3v) is 3.76. The summed E-state index contributed by atoms with van der Waals surface area (Å²) in [7, 11) is 0. The topological polar surface area (TPSA) is 84.3 Å². The molecule has 0 aliphatic heterocycles. The van der Waals surface area contributed by atoms with Gasteiger partial charge < -0.3 is 0 Å². The van der Waals surface area contributed by atoms with Crippen molar-refractivity contribution in [3.63, 3.8) is 0 Å². The molecule has 1 aliphatic carbocycles. The minimum absolute atomic E-state index is 0.0169. The van der Waals surface area contributed by atoms with Crippen LogP contribution in [0.15, 0.2) is 54.6 Å². The van der Waals surface area contributed by atoms with Crippen LogP contribution in [-0.4, -0.2) is 10.8 Å². The second-order valence-corrected chi connectivity index (χ2v) is 5.28. The van der Waals surface area contributed by atoms with Crippen LogP contribution < -0.4 is 10.9 Å². The predicted molar refractivity (Wildman–Crippen MR) is 82.2 cm³/mol. The third-order valence-electron chi connectivity index (χ3n) is 3.76. The second-order valence-electron chi connectivity index (χ2n) is 5.28. The second kappa shape index (κ2) is 5.85. The van der Waals surface area contributed by atoms with Crippen LogP contribution in [-0.2, 0) is 4.79 Å². The standard InChI is InChI=1S/C16H15N3O3/c20-16(15-10-14(15)11-4-2-1-3-5-11)18-17-12-6-8-13(9-7-12)19(21)22/h1-9,14-15,17H,10H2,(H,18,20)/t14-,15+/m0/s1. The quantitative estimate of drug-likeness (QED) is 0.656. The molecule has 0 radical (unpaired) electrons. The zero-order valence-electron chi connectivity index (χ0n) is 11.7. The van der Waals surface area contributed by atoms with Crippen molar-refractivity contribution in [3.05, 3.63) is 70.3 Å². The zero-order valence-corrected chi connectivity index (χ0v) is 11.7. The monoisotopic (exact) mass is 297 g/mol. The summed E-state index contributed by atoms with van der Waals surface area (Å²) >= 11 is 0. The van der Waals surface area contributed by atoms with Crippen LogP contribution in [0.5, 0.6) is 0 Å². The first-order chi connectivity index (χ1) is 10.6. The van der Waals surface area contributed by atoms with Crippen LogP contribution in [0.25, 0.3) is 0 Å². The van der Waals surface area contributed by atoms with Crippen molar-refractivity contribution in [3.8, 4) is 0 Å². The van der Waals surface area contributed by atoms with E-state index in [4.69, 9.17) is 0 Å². The van der Waals surface area contributed by atoms with E-state index in [1.54, 1.807) is 12.1 Å². The number of amides is 1. The number of rotatable bonds is 5. The van der Waals surface area contributed by atoms with Gasteiger partial charge in [-0.1, -0.05) is 30.3 Å². The number of carbonyl (C=O) groups excluding carboxylic acids is 1. The van der Waals surface area contributed by atoms with Gasteiger partial charge in [0.15, 0.2) is 0 Å². The molecule has 1 aliphatic rings. The molecule has 1 fully saturated rings. The number of nitro groups is 1. The van der Waals surface area contributed by atoms with E-state index in [-0.39, 0.29) is 23.4 Å². The number of hydrogen-bond donors (Lipinski definition) is 2. The summed E-state index contributed by atoms with van der Waals surface area (Å²) in [5.41, 5.74) is 7.24. The van der Waals surface area contributed by atoms with Crippen molar-refractivity contribution in [2.45, 2.75) is 12.3 Å². The zero-order chi connectivity index (χ0) is 15.5. The van der Waals surface area contributed by atoms with Gasteiger partial charge in [-0.2, -0.15) is 0 Å². The smallest absolute Gasteiger partial charge is 0.269 e. The number of hydrazine groups is 1. The minimum Gasteiger partial charge on any atom is -0.299 e. The fraction of sp³-hybridized carbons (Fsp3) is 0.188. The first-order valence-corrected chi connectivity index (χ1v) is 7.00. The summed E-state index contributed by atoms with van der Waals surface area (Å²) in [6.45, 7) is 0. The lowest BCUT2D eigenvalue weighted by Gasteiger charge is -2.08. The molecule has 0 aromatic heterocycles. The van der Waals surface area contributed by atoms with Crippen LogP contribution in [0.3, 0.4) is 0 Å². The molecule has 0 saturated heterocycles. The van der Waals surface area contributed by atoms with Gasteiger partial charge in [0.05, 0.1) is 10.6 Å². The van der Waals surface area contributed by atoms with Crippen LogP contribution >= 0.6 is 0 Å². The Kier molecular flexibility index (Phi) is 3.74. The molecule has 0 heterocycles. The number of non-ortho nitro benzene ring substituents is 1. The molecule has 1 saturated carbocycles. The molecule has 0 bridgehead atoms. The predicted octanol–water partition coefficient (Wildman–Crippen LogP) is 2.84. The number of carbonyl (C=O) groups is 1. The van der Waals surface area contributed by atoms with Crippen LogP contribution in [0.1, 0.15) is 17.9 Å². The highest BCUT2D eigenvalue weighted by atomic mass is 16.6. The van der Waals surface area contributed by atoms with Crippen LogP contribution in [0, 0.1) is 16.0 Å². The summed E-state index contributed by atoms with van der Waals surface area (Å²) in [4.78, 5) is 22.2. The van der Waals surface area contributed by atoms with E-state index in [2.05, 4.69) is 10.9 Å². The number of nitrogens with zero attached hydrogens (tertiary/aromatic N) is 1. The molecule has 3 rings (SSSR count). The van der Waals surface area contributed by atoms with Gasteiger partial charge in [-0.3, -0.25) is 25.8 Å². The van der Waals surface area contributed by atoms with Crippen LogP contribution in [0.4, 0.5) is 11.4 Å². The van der Waals surface area contributed by atoms with Gasteiger partial charge >= 0.3 is 0 Å². The molecule has 2 atom stereocenters. The van der Waals surface area contributed by atoms with E-state index in [1.807, 2.05) is 30.3 Å². The van der Waals surface area contributed by atoms with Gasteiger partial charge in [0.2, 0.25) is 5.91 Å². The van der Waals surface area contributed by atoms with Gasteiger partial charge in [0.1, 0.15) is 0 Å². The van der Waals surface area contributed by atoms with E-state index in [0.717, 1.165) is 6.42 Å². The van der Waals surface area contributed by atoms with Crippen molar-refractivity contribution in [1.29, 1.82) is 0 Å². The molecular formula is C16H15N3O3. The van der Waals surface area contributed by atoms with E-state index >= 15 is 0 Å². The highest BCUT2D eigenvalue weighted by Gasteiger charge is 2.43. The molecule has 2 aromatic rings. The van der Waals surface area contributed by atoms with E-state index in [9.17, 15) is 14.9 Å². The number of hydrogen-bond acceptors (Lipinski definition) is 4. The fourth-order valence-electron chi connectivity index (χ4n) is 2.45. The van der Waals surface area contributed by atoms with Gasteiger partial charge in [-0.15, -0.1) is 0 Å². The van der Waals surface area contributed by atoms with Crippen LogP contribution in [0.2, 0.25) is 0 Å². The molecule has 2 N–H and O–H groups in total. The fourth-order valence-corrected chi connectivity index (χ4v) is 2.45. The van der Waals surface area contributed by atoms with Crippen molar-refractivity contribution in [1.82, 2.24) is 5.43 Å². The average Bonchev–Trinajstić information content (AvgIpc) is 3.34. The van der Waals surface area contributed by atoms with Gasteiger partial charge in [0.25, 0.3) is 5.69 Å². The summed E-state index contributed by atoms with van der Waals surface area (Å²) in [5, 5.41) is 10.6. The van der Waals surface area contributed by atoms with E-state index in [1.165, 1.54) is 17.7 Å². The molecule has 6 heteroatoms. The Morgan fingerprint density at radius 2 is 1.77 bits per heavy atom. The lowest BCUT2D eigenvalue weighted by Crippen LogP contribution is -2.31. The summed E-state index contributed by atoms with van der Waals surface area (Å²) in [6, 6.07) is 15.8. The Hall–Kier alpha value is -2.89. The minimum atomic E-state index is -0.461. The number of nitro benzene ring substituents is 1. The normalized spacial score (nSPS) is 19.3. The average molecular weight is 297 g/mol. The summed E-state index contributed by atoms with van der Waals surface area (Å²) in [5.74, 6) is 0.194. The molecule has 6 nitrogen and oxygen atoms in total.